The van der Waals surface area contributed by atoms with Gasteiger partial charge in [-0.15, -0.1) is 5.10 Å². The number of methoxy groups -OCH3 is 1. The van der Waals surface area contributed by atoms with E-state index in [1.54, 1.807) is 30.3 Å². The van der Waals surface area contributed by atoms with Crippen LogP contribution in [-0.4, -0.2) is 27.4 Å². The minimum absolute atomic E-state index is 0.236. The van der Waals surface area contributed by atoms with E-state index in [1.807, 2.05) is 6.07 Å². The average Bonchev–Trinajstić information content (AvgIpc) is 3.02. The maximum Gasteiger partial charge on any atom is 0.246 e. The second kappa shape index (κ2) is 6.45. The summed E-state index contributed by atoms with van der Waals surface area (Å²) >= 11 is 0. The van der Waals surface area contributed by atoms with Gasteiger partial charge in [-0.2, -0.15) is 4.98 Å². The minimum Gasteiger partial charge on any atom is -0.496 e. The lowest BCUT2D eigenvalue weighted by Gasteiger charge is -2.11. The van der Waals surface area contributed by atoms with Gasteiger partial charge in [0.1, 0.15) is 17.7 Å². The Labute approximate surface area is 132 Å². The zero-order valence-corrected chi connectivity index (χ0v) is 12.3. The number of nitrogens with zero attached hydrogens (tertiary/aromatic N) is 2. The predicted octanol–water partition coefficient (Wildman–Crippen LogP) is 2.78. The van der Waals surface area contributed by atoms with Crippen LogP contribution in [0.2, 0.25) is 0 Å². The molecule has 1 aromatic heterocycles. The third kappa shape index (κ3) is 3.29. The van der Waals surface area contributed by atoms with E-state index in [9.17, 15) is 9.50 Å². The first-order valence-electron chi connectivity index (χ1n) is 6.93. The number of hydrogen-bond donors (Lipinski definition) is 3. The van der Waals surface area contributed by atoms with Gasteiger partial charge in [-0.1, -0.05) is 24.3 Å². The van der Waals surface area contributed by atoms with E-state index in [2.05, 4.69) is 20.5 Å². The maximum absolute atomic E-state index is 13.2. The van der Waals surface area contributed by atoms with E-state index in [-0.39, 0.29) is 17.6 Å². The topological polar surface area (TPSA) is 83.1 Å². The van der Waals surface area contributed by atoms with Crippen LogP contribution in [0.25, 0.3) is 0 Å². The van der Waals surface area contributed by atoms with Gasteiger partial charge in [0.15, 0.2) is 5.82 Å². The lowest BCUT2D eigenvalue weighted by atomic mass is 10.1. The number of nitrogens with one attached hydrogen (secondary N) is 2. The molecular formula is C16H15FN4O2. The van der Waals surface area contributed by atoms with Crippen molar-refractivity contribution in [2.24, 2.45) is 0 Å². The Balaban J connectivity index is 1.81. The van der Waals surface area contributed by atoms with Crippen molar-refractivity contribution in [1.82, 2.24) is 15.2 Å². The van der Waals surface area contributed by atoms with E-state index in [0.717, 1.165) is 0 Å². The van der Waals surface area contributed by atoms with Crippen LogP contribution < -0.4 is 10.1 Å². The van der Waals surface area contributed by atoms with E-state index >= 15 is 0 Å². The normalized spacial score (nSPS) is 12.0. The molecule has 7 heteroatoms. The summed E-state index contributed by atoms with van der Waals surface area (Å²) < 4.78 is 18.4. The number of H-pyrrole nitrogens is 1. The Hall–Kier alpha value is -2.93. The molecule has 3 aromatic rings. The van der Waals surface area contributed by atoms with Gasteiger partial charge in [0.25, 0.3) is 0 Å². The van der Waals surface area contributed by atoms with Crippen LogP contribution in [0.15, 0.2) is 48.5 Å². The second-order valence-corrected chi connectivity index (χ2v) is 4.82. The van der Waals surface area contributed by atoms with Gasteiger partial charge in [0.05, 0.1) is 7.11 Å². The molecule has 118 valence electrons. The Bertz CT molecular complexity index is 806. The fourth-order valence-corrected chi connectivity index (χ4v) is 2.19. The van der Waals surface area contributed by atoms with Crippen molar-refractivity contribution < 1.29 is 14.2 Å². The molecule has 0 aliphatic rings. The van der Waals surface area contributed by atoms with Crippen LogP contribution in [0, 0.1) is 5.82 Å². The van der Waals surface area contributed by atoms with Crippen molar-refractivity contribution in [2.45, 2.75) is 6.10 Å². The quantitative estimate of drug-likeness (QED) is 0.674. The molecule has 0 amide bonds. The third-order valence-electron chi connectivity index (χ3n) is 3.28. The lowest BCUT2D eigenvalue weighted by molar-refractivity contribution is 0.205. The number of aliphatic hydroxyl groups excluding tert-OH is 1. The number of para-hydroxylation sites is 1. The van der Waals surface area contributed by atoms with E-state index in [0.29, 0.717) is 17.0 Å². The van der Waals surface area contributed by atoms with Crippen LogP contribution in [-0.2, 0) is 0 Å². The summed E-state index contributed by atoms with van der Waals surface area (Å²) in [6.45, 7) is 0. The molecule has 0 aliphatic carbocycles. The highest BCUT2D eigenvalue weighted by molar-refractivity contribution is 5.52. The summed E-state index contributed by atoms with van der Waals surface area (Å²) in [6.07, 6.45) is -1.01. The molecular weight excluding hydrogens is 299 g/mol. The SMILES string of the molecule is COc1ccccc1C(O)c1nc(Nc2cccc(F)c2)n[nH]1. The highest BCUT2D eigenvalue weighted by Gasteiger charge is 2.19. The second-order valence-electron chi connectivity index (χ2n) is 4.82. The number of halogens is 1. The summed E-state index contributed by atoms with van der Waals surface area (Å²) in [4.78, 5) is 4.18. The lowest BCUT2D eigenvalue weighted by Crippen LogP contribution is -2.04. The Kier molecular flexibility index (Phi) is 4.20. The standard InChI is InChI=1S/C16H15FN4O2/c1-23-13-8-3-2-7-12(13)14(22)15-19-16(21-20-15)18-11-6-4-5-10(17)9-11/h2-9,14,22H,1H3,(H2,18,19,20,21). The molecule has 23 heavy (non-hydrogen) atoms. The molecule has 0 spiro atoms. The molecule has 0 aliphatic heterocycles. The zero-order chi connectivity index (χ0) is 16.2. The Morgan fingerprint density at radius 1 is 1.22 bits per heavy atom. The number of ether oxygens (including phenoxy) is 1. The first-order chi connectivity index (χ1) is 11.2. The van der Waals surface area contributed by atoms with Gasteiger partial charge in [-0.05, 0) is 24.3 Å². The van der Waals surface area contributed by atoms with Crippen molar-refractivity contribution >= 4 is 11.6 Å². The van der Waals surface area contributed by atoms with Gasteiger partial charge in [-0.25, -0.2) is 4.39 Å². The van der Waals surface area contributed by atoms with Crippen LogP contribution >= 0.6 is 0 Å². The first kappa shape index (κ1) is 15.0. The molecule has 1 atom stereocenters. The fraction of sp³-hybridized carbons (Fsp3) is 0.125. The first-order valence-corrected chi connectivity index (χ1v) is 6.93. The van der Waals surface area contributed by atoms with Crippen molar-refractivity contribution in [3.8, 4) is 5.75 Å². The fourth-order valence-electron chi connectivity index (χ4n) is 2.19. The molecule has 0 saturated carbocycles. The van der Waals surface area contributed by atoms with E-state index < -0.39 is 6.10 Å². The van der Waals surface area contributed by atoms with Crippen LogP contribution in [0.5, 0.6) is 5.75 Å². The predicted molar refractivity (Wildman–Crippen MR) is 83.1 cm³/mol. The smallest absolute Gasteiger partial charge is 0.246 e. The molecule has 1 unspecified atom stereocenters. The van der Waals surface area contributed by atoms with Gasteiger partial charge in [0, 0.05) is 11.3 Å². The van der Waals surface area contributed by atoms with Gasteiger partial charge in [-0.3, -0.25) is 5.10 Å². The summed E-state index contributed by atoms with van der Waals surface area (Å²) in [5.74, 6) is 0.684. The molecule has 3 rings (SSSR count). The van der Waals surface area contributed by atoms with Crippen molar-refractivity contribution in [2.75, 3.05) is 12.4 Å². The number of benzene rings is 2. The van der Waals surface area contributed by atoms with Gasteiger partial charge >= 0.3 is 0 Å². The highest BCUT2D eigenvalue weighted by atomic mass is 19.1. The molecule has 0 saturated heterocycles. The molecule has 0 bridgehead atoms. The van der Waals surface area contributed by atoms with Gasteiger partial charge < -0.3 is 15.2 Å². The molecule has 1 heterocycles. The van der Waals surface area contributed by atoms with E-state index in [4.69, 9.17) is 4.74 Å². The maximum atomic E-state index is 13.2. The third-order valence-corrected chi connectivity index (χ3v) is 3.28. The number of hydrogen-bond acceptors (Lipinski definition) is 5. The van der Waals surface area contributed by atoms with Crippen LogP contribution in [0.1, 0.15) is 17.5 Å². The zero-order valence-electron chi connectivity index (χ0n) is 12.3. The molecule has 0 fully saturated rings. The van der Waals surface area contributed by atoms with Crippen molar-refractivity contribution in [1.29, 1.82) is 0 Å². The average molecular weight is 314 g/mol. The monoisotopic (exact) mass is 314 g/mol. The molecule has 3 N–H and O–H groups in total. The number of aromatic amines is 1. The molecule has 6 nitrogen and oxygen atoms in total. The summed E-state index contributed by atoms with van der Waals surface area (Å²) in [6, 6.07) is 13.0. The van der Waals surface area contributed by atoms with Gasteiger partial charge in [0.2, 0.25) is 5.95 Å². The van der Waals surface area contributed by atoms with Crippen molar-refractivity contribution in [3.63, 3.8) is 0 Å². The Morgan fingerprint density at radius 3 is 2.83 bits per heavy atom. The summed E-state index contributed by atoms with van der Waals surface area (Å²) in [7, 11) is 1.53. The van der Waals surface area contributed by atoms with Crippen LogP contribution in [0.3, 0.4) is 0 Å². The summed E-state index contributed by atoms with van der Waals surface area (Å²) in [5, 5.41) is 19.9. The highest BCUT2D eigenvalue weighted by Crippen LogP contribution is 2.28. The Morgan fingerprint density at radius 2 is 2.04 bits per heavy atom. The number of anilines is 2. The number of aromatic nitrogens is 3. The number of rotatable bonds is 5. The molecule has 2 aromatic carbocycles. The minimum atomic E-state index is -1.01. The largest absolute Gasteiger partial charge is 0.496 e. The summed E-state index contributed by atoms with van der Waals surface area (Å²) in [5.41, 5.74) is 1.09. The molecule has 0 radical (unpaired) electrons. The van der Waals surface area contributed by atoms with Crippen LogP contribution in [0.4, 0.5) is 16.0 Å². The van der Waals surface area contributed by atoms with E-state index in [1.165, 1.54) is 19.2 Å². The number of aliphatic hydroxyl groups is 1. The van der Waals surface area contributed by atoms with Crippen molar-refractivity contribution in [3.05, 3.63) is 65.7 Å².